The Morgan fingerprint density at radius 1 is 1.30 bits per heavy atom. The quantitative estimate of drug-likeness (QED) is 0.659. The largest absolute Gasteiger partial charge is 0.504 e. The molecule has 2 aromatic rings. The van der Waals surface area contributed by atoms with Crippen molar-refractivity contribution in [3.8, 4) is 11.5 Å². The van der Waals surface area contributed by atoms with Crippen LogP contribution in [0.25, 0.3) is 0 Å². The molecule has 3 rings (SSSR count). The lowest BCUT2D eigenvalue weighted by Crippen LogP contribution is -2.20. The molecule has 0 aromatic heterocycles. The van der Waals surface area contributed by atoms with Gasteiger partial charge in [-0.1, -0.05) is 30.3 Å². The summed E-state index contributed by atoms with van der Waals surface area (Å²) in [4.78, 5) is 12.1. The molecule has 1 aliphatic carbocycles. The first-order valence-electron chi connectivity index (χ1n) is 7.44. The number of hydrogen-bond donors (Lipinski definition) is 2. The molecule has 0 spiro atoms. The first kappa shape index (κ1) is 15.1. The maximum Gasteiger partial charge on any atom is 0.243 e. The van der Waals surface area contributed by atoms with Crippen LogP contribution < -0.4 is 10.2 Å². The van der Waals surface area contributed by atoms with E-state index in [4.69, 9.17) is 4.74 Å². The van der Waals surface area contributed by atoms with Gasteiger partial charge in [-0.25, -0.2) is 5.43 Å². The van der Waals surface area contributed by atoms with E-state index in [0.717, 1.165) is 6.42 Å². The zero-order valence-electron chi connectivity index (χ0n) is 12.8. The molecule has 0 bridgehead atoms. The molecule has 0 unspecified atom stereocenters. The van der Waals surface area contributed by atoms with Crippen molar-refractivity contribution in [1.82, 2.24) is 5.43 Å². The second kappa shape index (κ2) is 6.52. The fourth-order valence-electron chi connectivity index (χ4n) is 2.59. The molecule has 2 N–H and O–H groups in total. The van der Waals surface area contributed by atoms with E-state index in [-0.39, 0.29) is 23.5 Å². The maximum absolute atomic E-state index is 12.1. The molecule has 1 saturated carbocycles. The van der Waals surface area contributed by atoms with Gasteiger partial charge in [-0.05, 0) is 41.7 Å². The number of aromatic hydroxyl groups is 1. The van der Waals surface area contributed by atoms with Crippen molar-refractivity contribution in [3.05, 3.63) is 59.7 Å². The van der Waals surface area contributed by atoms with Gasteiger partial charge in [-0.2, -0.15) is 5.10 Å². The molecular weight excluding hydrogens is 292 g/mol. The molecule has 2 aromatic carbocycles. The highest BCUT2D eigenvalue weighted by atomic mass is 16.5. The van der Waals surface area contributed by atoms with Crippen molar-refractivity contribution in [1.29, 1.82) is 0 Å². The number of amides is 1. The molecule has 0 radical (unpaired) electrons. The van der Waals surface area contributed by atoms with Crippen molar-refractivity contribution in [3.63, 3.8) is 0 Å². The number of benzene rings is 2. The summed E-state index contributed by atoms with van der Waals surface area (Å²) < 4.78 is 4.97. The Kier molecular flexibility index (Phi) is 4.28. The van der Waals surface area contributed by atoms with Crippen molar-refractivity contribution in [2.45, 2.75) is 12.3 Å². The van der Waals surface area contributed by atoms with Gasteiger partial charge in [0.05, 0.1) is 13.3 Å². The lowest BCUT2D eigenvalue weighted by atomic mass is 10.1. The van der Waals surface area contributed by atoms with Crippen LogP contribution in [0.5, 0.6) is 11.5 Å². The number of hydrazone groups is 1. The van der Waals surface area contributed by atoms with Gasteiger partial charge in [0.1, 0.15) is 0 Å². The summed E-state index contributed by atoms with van der Waals surface area (Å²) >= 11 is 0. The standard InChI is InChI=1S/C18H18N2O3/c1-23-17-8-7-12(9-16(17)21)11-19-20-18(22)15-10-14(15)13-5-3-2-4-6-13/h2-9,11,14-15,21H,10H2,1H3,(H,20,22)/b19-11-/t14-,15+/m1/s1. The monoisotopic (exact) mass is 310 g/mol. The second-order valence-electron chi connectivity index (χ2n) is 5.52. The molecular formula is C18H18N2O3. The Hall–Kier alpha value is -2.82. The number of nitrogens with one attached hydrogen (secondary N) is 1. The molecule has 23 heavy (non-hydrogen) atoms. The van der Waals surface area contributed by atoms with E-state index >= 15 is 0 Å². The molecule has 5 heteroatoms. The first-order chi connectivity index (χ1) is 11.2. The topological polar surface area (TPSA) is 70.9 Å². The number of hydrogen-bond acceptors (Lipinski definition) is 4. The van der Waals surface area contributed by atoms with Gasteiger partial charge in [0.25, 0.3) is 0 Å². The fourth-order valence-corrected chi connectivity index (χ4v) is 2.59. The summed E-state index contributed by atoms with van der Waals surface area (Å²) in [5, 5.41) is 13.6. The summed E-state index contributed by atoms with van der Waals surface area (Å²) in [6, 6.07) is 14.9. The number of methoxy groups -OCH3 is 1. The highest BCUT2D eigenvalue weighted by Gasteiger charge is 2.43. The minimum Gasteiger partial charge on any atom is -0.504 e. The average Bonchev–Trinajstić information content (AvgIpc) is 3.36. The van der Waals surface area contributed by atoms with Gasteiger partial charge in [0.2, 0.25) is 5.91 Å². The van der Waals surface area contributed by atoms with Crippen molar-refractivity contribution < 1.29 is 14.6 Å². The molecule has 0 aliphatic heterocycles. The number of carbonyl (C=O) groups excluding carboxylic acids is 1. The Balaban J connectivity index is 1.55. The van der Waals surface area contributed by atoms with Crippen LogP contribution in [0.3, 0.4) is 0 Å². The van der Waals surface area contributed by atoms with Crippen LogP contribution in [0.15, 0.2) is 53.6 Å². The Labute approximate surface area is 134 Å². The van der Waals surface area contributed by atoms with Gasteiger partial charge < -0.3 is 9.84 Å². The molecule has 2 atom stereocenters. The third-order valence-corrected chi connectivity index (χ3v) is 3.95. The van der Waals surface area contributed by atoms with Crippen LogP contribution in [0.2, 0.25) is 0 Å². The Bertz CT molecular complexity index is 728. The van der Waals surface area contributed by atoms with E-state index in [1.54, 1.807) is 12.1 Å². The predicted octanol–water partition coefficient (Wildman–Crippen LogP) is 2.65. The zero-order chi connectivity index (χ0) is 16.2. The van der Waals surface area contributed by atoms with E-state index < -0.39 is 0 Å². The minimum absolute atomic E-state index is 0.0150. The zero-order valence-corrected chi connectivity index (χ0v) is 12.8. The normalized spacial score (nSPS) is 19.5. The van der Waals surface area contributed by atoms with Crippen molar-refractivity contribution >= 4 is 12.1 Å². The van der Waals surface area contributed by atoms with Crippen LogP contribution >= 0.6 is 0 Å². The first-order valence-corrected chi connectivity index (χ1v) is 7.44. The smallest absolute Gasteiger partial charge is 0.243 e. The van der Waals surface area contributed by atoms with Gasteiger partial charge in [-0.15, -0.1) is 0 Å². The molecule has 0 saturated heterocycles. The van der Waals surface area contributed by atoms with Crippen molar-refractivity contribution in [2.24, 2.45) is 11.0 Å². The van der Waals surface area contributed by atoms with Crippen LogP contribution in [-0.4, -0.2) is 24.3 Å². The number of phenols is 1. The minimum atomic E-state index is -0.0761. The number of ether oxygens (including phenoxy) is 1. The van der Waals surface area contributed by atoms with E-state index in [1.165, 1.54) is 25.0 Å². The van der Waals surface area contributed by atoms with Crippen LogP contribution in [0.1, 0.15) is 23.5 Å². The lowest BCUT2D eigenvalue weighted by molar-refractivity contribution is -0.122. The number of carbonyl (C=O) groups is 1. The third kappa shape index (κ3) is 3.51. The maximum atomic E-state index is 12.1. The van der Waals surface area contributed by atoms with Crippen molar-refractivity contribution in [2.75, 3.05) is 7.11 Å². The van der Waals surface area contributed by atoms with Gasteiger partial charge in [0, 0.05) is 5.92 Å². The molecule has 0 heterocycles. The number of nitrogens with zero attached hydrogens (tertiary/aromatic N) is 1. The summed E-state index contributed by atoms with van der Waals surface area (Å²) in [6.45, 7) is 0. The summed E-state index contributed by atoms with van der Waals surface area (Å²) in [7, 11) is 1.49. The van der Waals surface area contributed by atoms with Gasteiger partial charge >= 0.3 is 0 Å². The van der Waals surface area contributed by atoms with Gasteiger partial charge in [-0.3, -0.25) is 4.79 Å². The molecule has 1 amide bonds. The number of rotatable bonds is 5. The average molecular weight is 310 g/mol. The molecule has 5 nitrogen and oxygen atoms in total. The van der Waals surface area contributed by atoms with Crippen LogP contribution in [0.4, 0.5) is 0 Å². The Morgan fingerprint density at radius 2 is 2.09 bits per heavy atom. The predicted molar refractivity (Wildman–Crippen MR) is 87.7 cm³/mol. The van der Waals surface area contributed by atoms with E-state index in [1.807, 2.05) is 30.3 Å². The van der Waals surface area contributed by atoms with E-state index in [2.05, 4.69) is 10.5 Å². The highest BCUT2D eigenvalue weighted by Crippen LogP contribution is 2.47. The van der Waals surface area contributed by atoms with Crippen LogP contribution in [-0.2, 0) is 4.79 Å². The molecule has 1 aliphatic rings. The Morgan fingerprint density at radius 3 is 2.78 bits per heavy atom. The van der Waals surface area contributed by atoms with E-state index in [9.17, 15) is 9.90 Å². The highest BCUT2D eigenvalue weighted by molar-refractivity contribution is 5.86. The van der Waals surface area contributed by atoms with E-state index in [0.29, 0.717) is 11.3 Å². The lowest BCUT2D eigenvalue weighted by Gasteiger charge is -2.03. The third-order valence-electron chi connectivity index (χ3n) is 3.95. The number of phenolic OH excluding ortho intramolecular Hbond substituents is 1. The van der Waals surface area contributed by atoms with Crippen LogP contribution in [0, 0.1) is 5.92 Å². The molecule has 1 fully saturated rings. The summed E-state index contributed by atoms with van der Waals surface area (Å²) in [5.41, 5.74) is 4.43. The fraction of sp³-hybridized carbons (Fsp3) is 0.222. The molecule has 118 valence electrons. The van der Waals surface area contributed by atoms with Gasteiger partial charge in [0.15, 0.2) is 11.5 Å². The SMILES string of the molecule is COc1ccc(/C=N\NC(=O)[C@H]2C[C@@H]2c2ccccc2)cc1O. The summed E-state index contributed by atoms with van der Waals surface area (Å²) in [6.07, 6.45) is 2.35. The second-order valence-corrected chi connectivity index (χ2v) is 5.52. The summed E-state index contributed by atoms with van der Waals surface area (Å²) in [5.74, 6) is 0.632.